The fraction of sp³-hybridized carbons (Fsp3) is 0.278. The lowest BCUT2D eigenvalue weighted by atomic mass is 10.1. The summed E-state index contributed by atoms with van der Waals surface area (Å²) in [4.78, 5) is 28.8. The summed E-state index contributed by atoms with van der Waals surface area (Å²) in [7, 11) is 0. The highest BCUT2D eigenvalue weighted by atomic mass is 127. The standard InChI is InChI=1S/C18H18IN3O3/c19-13-5-6-16(22-17(23)12-3-1-7-20-10-12)15(9-13)18(24)21-11-14-4-2-8-25-14/h1,3,5-7,9-10,14H,2,4,8,11H2,(H,21,24)(H,22,23). The van der Waals surface area contributed by atoms with E-state index in [2.05, 4.69) is 38.2 Å². The average molecular weight is 451 g/mol. The molecule has 1 aliphatic rings. The van der Waals surface area contributed by atoms with E-state index in [0.717, 1.165) is 23.0 Å². The van der Waals surface area contributed by atoms with Crippen LogP contribution in [0.15, 0.2) is 42.7 Å². The van der Waals surface area contributed by atoms with Gasteiger partial charge in [0.15, 0.2) is 0 Å². The van der Waals surface area contributed by atoms with Crippen molar-refractivity contribution in [2.75, 3.05) is 18.5 Å². The minimum absolute atomic E-state index is 0.0696. The van der Waals surface area contributed by atoms with Crippen LogP contribution in [0.4, 0.5) is 5.69 Å². The van der Waals surface area contributed by atoms with Crippen molar-refractivity contribution in [3.8, 4) is 0 Å². The molecule has 1 aromatic heterocycles. The van der Waals surface area contributed by atoms with E-state index in [0.29, 0.717) is 23.4 Å². The van der Waals surface area contributed by atoms with Crippen molar-refractivity contribution < 1.29 is 14.3 Å². The normalized spacial score (nSPS) is 16.4. The first-order valence-electron chi connectivity index (χ1n) is 8.04. The molecule has 7 heteroatoms. The third-order valence-corrected chi connectivity index (χ3v) is 4.58. The molecular formula is C18H18IN3O3. The van der Waals surface area contributed by atoms with E-state index < -0.39 is 0 Å². The highest BCUT2D eigenvalue weighted by Crippen LogP contribution is 2.20. The van der Waals surface area contributed by atoms with Crippen molar-refractivity contribution in [1.82, 2.24) is 10.3 Å². The molecule has 0 radical (unpaired) electrons. The van der Waals surface area contributed by atoms with Crippen LogP contribution in [0.25, 0.3) is 0 Å². The molecule has 2 amide bonds. The number of nitrogens with zero attached hydrogens (tertiary/aromatic N) is 1. The van der Waals surface area contributed by atoms with E-state index in [1.54, 1.807) is 30.5 Å². The van der Waals surface area contributed by atoms with Gasteiger partial charge in [-0.1, -0.05) is 0 Å². The van der Waals surface area contributed by atoms with Crippen LogP contribution in [-0.4, -0.2) is 36.1 Å². The van der Waals surface area contributed by atoms with Crippen LogP contribution in [0.2, 0.25) is 0 Å². The van der Waals surface area contributed by atoms with Crippen LogP contribution in [0.3, 0.4) is 0 Å². The molecule has 1 aromatic carbocycles. The maximum atomic E-state index is 12.6. The average Bonchev–Trinajstić information content (AvgIpc) is 3.15. The molecule has 25 heavy (non-hydrogen) atoms. The number of hydrogen-bond acceptors (Lipinski definition) is 4. The van der Waals surface area contributed by atoms with Gasteiger partial charge in [0, 0.05) is 29.1 Å². The molecule has 0 saturated carbocycles. The summed E-state index contributed by atoms with van der Waals surface area (Å²) in [6, 6.07) is 8.70. The molecule has 0 bridgehead atoms. The second kappa shape index (κ2) is 8.39. The number of pyridine rings is 1. The quantitative estimate of drug-likeness (QED) is 0.686. The Bertz CT molecular complexity index is 761. The molecule has 1 atom stereocenters. The molecule has 1 saturated heterocycles. The number of benzene rings is 1. The van der Waals surface area contributed by atoms with Gasteiger partial charge in [-0.15, -0.1) is 0 Å². The maximum Gasteiger partial charge on any atom is 0.257 e. The molecule has 130 valence electrons. The highest BCUT2D eigenvalue weighted by Gasteiger charge is 2.19. The molecule has 1 unspecified atom stereocenters. The van der Waals surface area contributed by atoms with Gasteiger partial charge in [0.05, 0.1) is 22.9 Å². The van der Waals surface area contributed by atoms with Crippen LogP contribution in [-0.2, 0) is 4.74 Å². The second-order valence-corrected chi connectivity index (χ2v) is 6.98. The Labute approximate surface area is 159 Å². The topological polar surface area (TPSA) is 80.3 Å². The van der Waals surface area contributed by atoms with E-state index in [4.69, 9.17) is 4.74 Å². The molecule has 6 nitrogen and oxygen atoms in total. The zero-order chi connectivity index (χ0) is 17.6. The van der Waals surface area contributed by atoms with E-state index in [-0.39, 0.29) is 17.9 Å². The largest absolute Gasteiger partial charge is 0.376 e. The van der Waals surface area contributed by atoms with E-state index in [1.807, 2.05) is 6.07 Å². The summed E-state index contributed by atoms with van der Waals surface area (Å²) in [6.45, 7) is 1.22. The number of aromatic nitrogens is 1. The zero-order valence-electron chi connectivity index (χ0n) is 13.5. The number of hydrogen-bond donors (Lipinski definition) is 2. The summed E-state index contributed by atoms with van der Waals surface area (Å²) < 4.78 is 6.44. The molecule has 2 heterocycles. The zero-order valence-corrected chi connectivity index (χ0v) is 15.7. The molecule has 1 fully saturated rings. The summed E-state index contributed by atoms with van der Waals surface area (Å²) in [5, 5.41) is 5.68. The minimum atomic E-state index is -0.303. The Hall–Kier alpha value is -2.00. The first-order chi connectivity index (χ1) is 12.1. The summed E-state index contributed by atoms with van der Waals surface area (Å²) in [5.74, 6) is -0.530. The van der Waals surface area contributed by atoms with Gasteiger partial charge in [-0.3, -0.25) is 14.6 Å². The number of ether oxygens (including phenoxy) is 1. The van der Waals surface area contributed by atoms with Crippen LogP contribution in [0.1, 0.15) is 33.6 Å². The van der Waals surface area contributed by atoms with Gasteiger partial charge in [-0.05, 0) is 65.8 Å². The van der Waals surface area contributed by atoms with Gasteiger partial charge in [0.2, 0.25) is 0 Å². The van der Waals surface area contributed by atoms with Crippen molar-refractivity contribution in [2.24, 2.45) is 0 Å². The second-order valence-electron chi connectivity index (χ2n) is 5.73. The Kier molecular flexibility index (Phi) is 5.98. The van der Waals surface area contributed by atoms with Gasteiger partial charge in [-0.2, -0.15) is 0 Å². The molecule has 2 aromatic rings. The third kappa shape index (κ3) is 4.76. The van der Waals surface area contributed by atoms with Crippen molar-refractivity contribution in [3.63, 3.8) is 0 Å². The fourth-order valence-electron chi connectivity index (χ4n) is 2.61. The van der Waals surface area contributed by atoms with Gasteiger partial charge in [0.25, 0.3) is 11.8 Å². The van der Waals surface area contributed by atoms with Crippen LogP contribution in [0, 0.1) is 3.57 Å². The van der Waals surface area contributed by atoms with Crippen LogP contribution < -0.4 is 10.6 Å². The number of carbonyl (C=O) groups excluding carboxylic acids is 2. The Balaban J connectivity index is 1.73. The number of anilines is 1. The molecule has 1 aliphatic heterocycles. The maximum absolute atomic E-state index is 12.6. The predicted molar refractivity (Wildman–Crippen MR) is 103 cm³/mol. The van der Waals surface area contributed by atoms with Gasteiger partial charge >= 0.3 is 0 Å². The van der Waals surface area contributed by atoms with E-state index >= 15 is 0 Å². The number of halogens is 1. The summed E-state index contributed by atoms with van der Waals surface area (Å²) in [6.07, 6.45) is 5.14. The number of carbonyl (C=O) groups is 2. The minimum Gasteiger partial charge on any atom is -0.376 e. The number of rotatable bonds is 5. The lowest BCUT2D eigenvalue weighted by molar-refractivity contribution is 0.0858. The molecule has 2 N–H and O–H groups in total. The number of nitrogens with one attached hydrogen (secondary N) is 2. The Morgan fingerprint density at radius 2 is 2.16 bits per heavy atom. The van der Waals surface area contributed by atoms with Crippen molar-refractivity contribution >= 4 is 40.1 Å². The van der Waals surface area contributed by atoms with Crippen molar-refractivity contribution in [3.05, 3.63) is 57.4 Å². The van der Waals surface area contributed by atoms with Crippen molar-refractivity contribution in [2.45, 2.75) is 18.9 Å². The monoisotopic (exact) mass is 451 g/mol. The lowest BCUT2D eigenvalue weighted by Crippen LogP contribution is -2.32. The Morgan fingerprint density at radius 1 is 1.28 bits per heavy atom. The van der Waals surface area contributed by atoms with Gasteiger partial charge in [-0.25, -0.2) is 0 Å². The van der Waals surface area contributed by atoms with Crippen molar-refractivity contribution in [1.29, 1.82) is 0 Å². The first kappa shape index (κ1) is 17.8. The smallest absolute Gasteiger partial charge is 0.257 e. The third-order valence-electron chi connectivity index (χ3n) is 3.91. The lowest BCUT2D eigenvalue weighted by Gasteiger charge is -2.14. The van der Waals surface area contributed by atoms with E-state index in [9.17, 15) is 9.59 Å². The SMILES string of the molecule is O=C(Nc1ccc(I)cc1C(=O)NCC1CCCO1)c1cccnc1. The van der Waals surface area contributed by atoms with Gasteiger partial charge < -0.3 is 15.4 Å². The highest BCUT2D eigenvalue weighted by molar-refractivity contribution is 14.1. The fourth-order valence-corrected chi connectivity index (χ4v) is 3.10. The van der Waals surface area contributed by atoms with E-state index in [1.165, 1.54) is 6.20 Å². The number of amides is 2. The molecular weight excluding hydrogens is 433 g/mol. The van der Waals surface area contributed by atoms with Crippen LogP contribution >= 0.6 is 22.6 Å². The Morgan fingerprint density at radius 3 is 2.88 bits per heavy atom. The first-order valence-corrected chi connectivity index (χ1v) is 9.12. The van der Waals surface area contributed by atoms with Crippen LogP contribution in [0.5, 0.6) is 0 Å². The summed E-state index contributed by atoms with van der Waals surface area (Å²) >= 11 is 2.14. The molecule has 0 aliphatic carbocycles. The molecule has 0 spiro atoms. The summed E-state index contributed by atoms with van der Waals surface area (Å²) in [5.41, 5.74) is 1.34. The van der Waals surface area contributed by atoms with Gasteiger partial charge in [0.1, 0.15) is 0 Å². The molecule has 3 rings (SSSR count). The predicted octanol–water partition coefficient (Wildman–Crippen LogP) is 2.85.